The minimum atomic E-state index is -1.90. The summed E-state index contributed by atoms with van der Waals surface area (Å²) in [6.07, 6.45) is 13.4. The normalized spacial score (nSPS) is 12.8. The van der Waals surface area contributed by atoms with E-state index in [0.29, 0.717) is 6.16 Å². The van der Waals surface area contributed by atoms with E-state index in [4.69, 9.17) is 0 Å². The zero-order chi connectivity index (χ0) is 35.6. The summed E-state index contributed by atoms with van der Waals surface area (Å²) in [4.78, 5) is 0. The molecular formula is C49H37N2OP. The molecule has 7 aromatic carbocycles. The van der Waals surface area contributed by atoms with Gasteiger partial charge in [0.05, 0.1) is 22.1 Å². The van der Waals surface area contributed by atoms with E-state index in [1.54, 1.807) is 0 Å². The van der Waals surface area contributed by atoms with Gasteiger partial charge >= 0.3 is 0 Å². The van der Waals surface area contributed by atoms with Crippen molar-refractivity contribution in [1.82, 2.24) is 9.13 Å². The van der Waals surface area contributed by atoms with Gasteiger partial charge in [0.15, 0.2) is 0 Å². The summed E-state index contributed by atoms with van der Waals surface area (Å²) in [5.74, 6) is 0. The molecule has 0 amide bonds. The van der Waals surface area contributed by atoms with Crippen molar-refractivity contribution >= 4 is 87.3 Å². The molecule has 0 aliphatic rings. The van der Waals surface area contributed by atoms with E-state index in [0.717, 1.165) is 33.1 Å². The van der Waals surface area contributed by atoms with Crippen LogP contribution in [0.25, 0.3) is 85.4 Å². The first kappa shape index (κ1) is 32.5. The number of rotatable bonds is 9. The van der Waals surface area contributed by atoms with Gasteiger partial charge in [0.2, 0.25) is 0 Å². The second-order valence-electron chi connectivity index (χ2n) is 13.3. The van der Waals surface area contributed by atoms with Crippen LogP contribution in [-0.2, 0) is 4.57 Å². The van der Waals surface area contributed by atoms with E-state index in [2.05, 4.69) is 185 Å². The molecular weight excluding hydrogens is 664 g/mol. The second-order valence-corrected chi connectivity index (χ2v) is 15.2. The molecule has 53 heavy (non-hydrogen) atoms. The van der Waals surface area contributed by atoms with Crippen molar-refractivity contribution in [2.45, 2.75) is 0 Å². The Morgan fingerprint density at radius 2 is 0.849 bits per heavy atom. The first-order valence-electron chi connectivity index (χ1n) is 18.0. The molecule has 0 aliphatic carbocycles. The second kappa shape index (κ2) is 14.3. The van der Waals surface area contributed by atoms with Gasteiger partial charge in [-0.1, -0.05) is 140 Å². The maximum absolute atomic E-state index is 13.0. The minimum absolute atomic E-state index is 0.526. The topological polar surface area (TPSA) is 26.9 Å². The van der Waals surface area contributed by atoms with Crippen molar-refractivity contribution < 1.29 is 4.57 Å². The average molecular weight is 701 g/mol. The largest absolute Gasteiger partial charge is 0.322 e. The molecule has 3 nitrogen and oxygen atoms in total. The van der Waals surface area contributed by atoms with Crippen LogP contribution in [-0.4, -0.2) is 15.3 Å². The minimum Gasteiger partial charge on any atom is -0.322 e. The molecule has 0 aliphatic heterocycles. The molecule has 0 fully saturated rings. The number of allylic oxidation sites excluding steroid dienone is 1. The van der Waals surface area contributed by atoms with Gasteiger partial charge in [0.1, 0.15) is 7.80 Å². The summed E-state index contributed by atoms with van der Waals surface area (Å²) in [5, 5.41) is 5.91. The number of aromatic nitrogens is 2. The van der Waals surface area contributed by atoms with Gasteiger partial charge in [-0.2, -0.15) is 0 Å². The quantitative estimate of drug-likeness (QED) is 0.138. The highest BCUT2D eigenvalue weighted by Gasteiger charge is 2.10. The highest BCUT2D eigenvalue weighted by atomic mass is 31.1. The van der Waals surface area contributed by atoms with E-state index in [9.17, 15) is 4.57 Å². The first-order chi connectivity index (χ1) is 26.2. The molecule has 1 unspecified atom stereocenters. The van der Waals surface area contributed by atoms with Gasteiger partial charge in [-0.05, 0) is 82.4 Å². The molecule has 2 aromatic heterocycles. The smallest absolute Gasteiger partial charge is 0.107 e. The summed E-state index contributed by atoms with van der Waals surface area (Å²) in [6, 6.07) is 59.5. The monoisotopic (exact) mass is 700 g/mol. The third-order valence-electron chi connectivity index (χ3n) is 10.00. The number of hydrogen-bond donors (Lipinski definition) is 0. The molecule has 0 saturated heterocycles. The Morgan fingerprint density at radius 1 is 0.415 bits per heavy atom. The Labute approximate surface area is 309 Å². The van der Waals surface area contributed by atoms with Gasteiger partial charge < -0.3 is 13.7 Å². The van der Waals surface area contributed by atoms with Crippen molar-refractivity contribution in [2.24, 2.45) is 0 Å². The lowest BCUT2D eigenvalue weighted by Gasteiger charge is -2.08. The maximum atomic E-state index is 13.0. The van der Waals surface area contributed by atoms with E-state index in [1.165, 1.54) is 43.6 Å². The zero-order valence-corrected chi connectivity index (χ0v) is 30.1. The van der Waals surface area contributed by atoms with Crippen molar-refractivity contribution in [3.8, 4) is 11.1 Å². The van der Waals surface area contributed by atoms with E-state index in [1.807, 2.05) is 30.3 Å². The fourth-order valence-electron chi connectivity index (χ4n) is 7.41. The van der Waals surface area contributed by atoms with Crippen LogP contribution in [0.1, 0.15) is 16.7 Å². The summed E-state index contributed by atoms with van der Waals surface area (Å²) in [7, 11) is -1.90. The van der Waals surface area contributed by atoms with E-state index < -0.39 is 7.80 Å². The molecule has 2 heterocycles. The Bertz CT molecular complexity index is 2770. The van der Waals surface area contributed by atoms with Gasteiger partial charge in [0.25, 0.3) is 0 Å². The number of para-hydroxylation sites is 4. The van der Waals surface area contributed by atoms with Crippen molar-refractivity contribution in [1.29, 1.82) is 0 Å². The first-order valence-corrected chi connectivity index (χ1v) is 19.6. The summed E-state index contributed by atoms with van der Waals surface area (Å²) >= 11 is 0. The number of hydrogen-bond acceptors (Lipinski definition) is 1. The highest BCUT2D eigenvalue weighted by molar-refractivity contribution is 7.53. The van der Waals surface area contributed by atoms with Crippen LogP contribution in [0.4, 0.5) is 0 Å². The Balaban J connectivity index is 1.05. The number of nitrogens with zero attached hydrogens (tertiary/aromatic N) is 2. The van der Waals surface area contributed by atoms with E-state index in [-0.39, 0.29) is 0 Å². The zero-order valence-electron chi connectivity index (χ0n) is 29.1. The fourth-order valence-corrected chi connectivity index (χ4v) is 8.55. The average Bonchev–Trinajstić information content (AvgIpc) is 3.72. The van der Waals surface area contributed by atoms with Gasteiger partial charge in [0, 0.05) is 45.4 Å². The van der Waals surface area contributed by atoms with E-state index >= 15 is 0 Å². The van der Waals surface area contributed by atoms with Gasteiger partial charge in [-0.25, -0.2) is 0 Å². The Kier molecular flexibility index (Phi) is 8.77. The van der Waals surface area contributed by atoms with Gasteiger partial charge in [-0.3, -0.25) is 0 Å². The standard InChI is InChI=1S/C49H37N2OP/c52-53(41-14-2-1-3-15-41)32-12-13-37-33-38(29-31-51-48-22-10-6-18-44(48)45-19-7-11-23-49(45)51)35-40(34-37)39-26-24-36(25-27-39)28-30-50-46-20-8-4-16-42(46)43-17-5-9-21-47(43)50/h1-31,33-35,53H,32H2/b13-12+,30-28+,31-29+. The number of benzene rings is 7. The van der Waals surface area contributed by atoms with Crippen LogP contribution < -0.4 is 5.30 Å². The Hall–Kier alpha value is -6.41. The fraction of sp³-hybridized carbons (Fsp3) is 0.0204. The predicted molar refractivity (Wildman–Crippen MR) is 230 cm³/mol. The molecule has 9 aromatic rings. The highest BCUT2D eigenvalue weighted by Crippen LogP contribution is 2.32. The lowest BCUT2D eigenvalue weighted by Crippen LogP contribution is -1.95. The number of fused-ring (bicyclic) bond motifs is 6. The summed E-state index contributed by atoms with van der Waals surface area (Å²) in [5.41, 5.74) is 10.3. The Morgan fingerprint density at radius 3 is 1.36 bits per heavy atom. The maximum Gasteiger partial charge on any atom is 0.107 e. The molecule has 0 bridgehead atoms. The molecule has 1 atom stereocenters. The van der Waals surface area contributed by atoms with Crippen LogP contribution in [0, 0.1) is 0 Å². The molecule has 0 N–H and O–H groups in total. The SMILES string of the molecule is O=[PH](C/C=C/c1cc(/C=C/n2c3ccccc3c3ccccc32)cc(-c2ccc(/C=C/n3c4ccccc4c4ccccc43)cc2)c1)c1ccccc1. The summed E-state index contributed by atoms with van der Waals surface area (Å²) < 4.78 is 17.6. The van der Waals surface area contributed by atoms with Gasteiger partial charge in [-0.15, -0.1) is 0 Å². The van der Waals surface area contributed by atoms with Crippen LogP contribution in [0.3, 0.4) is 0 Å². The van der Waals surface area contributed by atoms with Crippen molar-refractivity contribution in [2.75, 3.05) is 6.16 Å². The molecule has 4 heteroatoms. The van der Waals surface area contributed by atoms with Crippen LogP contribution in [0.15, 0.2) is 176 Å². The van der Waals surface area contributed by atoms with Crippen molar-refractivity contribution in [3.05, 3.63) is 193 Å². The third-order valence-corrected chi connectivity index (χ3v) is 11.6. The molecule has 0 spiro atoms. The molecule has 254 valence electrons. The van der Waals surface area contributed by atoms with Crippen LogP contribution in [0.5, 0.6) is 0 Å². The summed E-state index contributed by atoms with van der Waals surface area (Å²) in [6.45, 7) is 0. The molecule has 9 rings (SSSR count). The van der Waals surface area contributed by atoms with Crippen LogP contribution >= 0.6 is 7.80 Å². The van der Waals surface area contributed by atoms with Crippen LogP contribution in [0.2, 0.25) is 0 Å². The molecule has 0 saturated carbocycles. The third kappa shape index (κ3) is 6.48. The molecule has 0 radical (unpaired) electrons. The predicted octanol–water partition coefficient (Wildman–Crippen LogP) is 12.7. The van der Waals surface area contributed by atoms with Crippen molar-refractivity contribution in [3.63, 3.8) is 0 Å². The lowest BCUT2D eigenvalue weighted by atomic mass is 9.98. The lowest BCUT2D eigenvalue weighted by molar-refractivity contribution is 0.594.